The van der Waals surface area contributed by atoms with Gasteiger partial charge in [-0.3, -0.25) is 4.79 Å². The van der Waals surface area contributed by atoms with Crippen LogP contribution in [-0.2, 0) is 6.54 Å². The molecule has 0 N–H and O–H groups in total. The standard InChI is InChI=1S/C17H18ClIN2O/c1-20(2)14-7-4-12(5-8-14)11-21(3)17(22)13-6-9-15(18)16(19)10-13/h4-10H,11H2,1-3H3. The van der Waals surface area contributed by atoms with Gasteiger partial charge in [0.25, 0.3) is 5.91 Å². The molecular formula is C17H18ClIN2O. The van der Waals surface area contributed by atoms with Gasteiger partial charge in [0, 0.05) is 42.5 Å². The van der Waals surface area contributed by atoms with Gasteiger partial charge in [-0.1, -0.05) is 23.7 Å². The summed E-state index contributed by atoms with van der Waals surface area (Å²) in [6.45, 7) is 0.575. The van der Waals surface area contributed by atoms with Crippen LogP contribution >= 0.6 is 34.2 Å². The van der Waals surface area contributed by atoms with Crippen LogP contribution in [0.4, 0.5) is 5.69 Å². The molecule has 0 spiro atoms. The molecule has 0 heterocycles. The summed E-state index contributed by atoms with van der Waals surface area (Å²) in [6, 6.07) is 13.5. The molecule has 5 heteroatoms. The third-order valence-corrected chi connectivity index (χ3v) is 4.93. The number of amides is 1. The van der Waals surface area contributed by atoms with E-state index in [-0.39, 0.29) is 5.91 Å². The highest BCUT2D eigenvalue weighted by molar-refractivity contribution is 14.1. The summed E-state index contributed by atoms with van der Waals surface area (Å²) in [6.07, 6.45) is 0. The topological polar surface area (TPSA) is 23.6 Å². The second-order valence-corrected chi connectivity index (χ2v) is 6.92. The lowest BCUT2D eigenvalue weighted by Gasteiger charge is -2.19. The number of carbonyl (C=O) groups is 1. The molecule has 0 atom stereocenters. The summed E-state index contributed by atoms with van der Waals surface area (Å²) in [7, 11) is 5.82. The van der Waals surface area contributed by atoms with Gasteiger partial charge in [0.15, 0.2) is 0 Å². The van der Waals surface area contributed by atoms with E-state index in [2.05, 4.69) is 34.7 Å². The smallest absolute Gasteiger partial charge is 0.253 e. The zero-order valence-corrected chi connectivity index (χ0v) is 15.7. The molecule has 2 rings (SSSR count). The van der Waals surface area contributed by atoms with Crippen LogP contribution in [0.5, 0.6) is 0 Å². The number of hydrogen-bond acceptors (Lipinski definition) is 2. The molecule has 0 fully saturated rings. The molecule has 22 heavy (non-hydrogen) atoms. The van der Waals surface area contributed by atoms with Crippen molar-refractivity contribution < 1.29 is 4.79 Å². The van der Waals surface area contributed by atoms with Gasteiger partial charge in [0.1, 0.15) is 0 Å². The zero-order chi connectivity index (χ0) is 16.3. The van der Waals surface area contributed by atoms with Gasteiger partial charge in [-0.2, -0.15) is 0 Å². The van der Waals surface area contributed by atoms with Gasteiger partial charge < -0.3 is 9.80 Å². The number of nitrogens with zero attached hydrogens (tertiary/aromatic N) is 2. The molecule has 3 nitrogen and oxygen atoms in total. The molecule has 116 valence electrons. The summed E-state index contributed by atoms with van der Waals surface area (Å²) in [5.41, 5.74) is 2.90. The van der Waals surface area contributed by atoms with E-state index in [1.807, 2.05) is 44.2 Å². The molecular weight excluding hydrogens is 411 g/mol. The second kappa shape index (κ2) is 7.33. The Bertz CT molecular complexity index is 671. The van der Waals surface area contributed by atoms with Crippen molar-refractivity contribution in [2.45, 2.75) is 6.54 Å². The maximum absolute atomic E-state index is 12.5. The minimum absolute atomic E-state index is 0.00808. The first kappa shape index (κ1) is 17.1. The third kappa shape index (κ3) is 4.14. The van der Waals surface area contributed by atoms with Gasteiger partial charge in [0.2, 0.25) is 0 Å². The zero-order valence-electron chi connectivity index (χ0n) is 12.8. The Kier molecular flexibility index (Phi) is 5.69. The van der Waals surface area contributed by atoms with Crippen molar-refractivity contribution in [3.8, 4) is 0 Å². The maximum atomic E-state index is 12.5. The van der Waals surface area contributed by atoms with Crippen molar-refractivity contribution in [2.75, 3.05) is 26.0 Å². The van der Waals surface area contributed by atoms with Crippen LogP contribution in [0.1, 0.15) is 15.9 Å². The van der Waals surface area contributed by atoms with Gasteiger partial charge in [0.05, 0.1) is 5.02 Å². The van der Waals surface area contributed by atoms with Gasteiger partial charge in [-0.05, 0) is 58.5 Å². The molecule has 0 saturated heterocycles. The SMILES string of the molecule is CN(Cc1ccc(N(C)C)cc1)C(=O)c1ccc(Cl)c(I)c1. The summed E-state index contributed by atoms with van der Waals surface area (Å²) in [4.78, 5) is 16.2. The summed E-state index contributed by atoms with van der Waals surface area (Å²) in [5, 5.41) is 0.666. The number of hydrogen-bond donors (Lipinski definition) is 0. The Morgan fingerprint density at radius 3 is 2.27 bits per heavy atom. The predicted octanol–water partition coefficient (Wildman–Crippen LogP) is 4.28. The molecule has 0 unspecified atom stereocenters. The number of carbonyl (C=O) groups excluding carboxylic acids is 1. The molecule has 0 aliphatic carbocycles. The Morgan fingerprint density at radius 1 is 1.09 bits per heavy atom. The lowest BCUT2D eigenvalue weighted by atomic mass is 10.1. The van der Waals surface area contributed by atoms with Crippen LogP contribution in [0.3, 0.4) is 0 Å². The van der Waals surface area contributed by atoms with E-state index in [0.717, 1.165) is 14.8 Å². The van der Waals surface area contributed by atoms with E-state index in [1.54, 1.807) is 17.0 Å². The van der Waals surface area contributed by atoms with E-state index in [4.69, 9.17) is 11.6 Å². The van der Waals surface area contributed by atoms with Crippen LogP contribution in [0, 0.1) is 3.57 Å². The minimum atomic E-state index is -0.00808. The molecule has 0 aromatic heterocycles. The molecule has 1 amide bonds. The van der Waals surface area contributed by atoms with E-state index < -0.39 is 0 Å². The summed E-state index contributed by atoms with van der Waals surface area (Å²) in [5.74, 6) is -0.00808. The van der Waals surface area contributed by atoms with Crippen molar-refractivity contribution in [1.82, 2.24) is 4.90 Å². The average molecular weight is 429 g/mol. The first-order valence-electron chi connectivity index (χ1n) is 6.85. The van der Waals surface area contributed by atoms with Crippen molar-refractivity contribution >= 4 is 45.8 Å². The van der Waals surface area contributed by atoms with Gasteiger partial charge >= 0.3 is 0 Å². The largest absolute Gasteiger partial charge is 0.378 e. The highest BCUT2D eigenvalue weighted by Crippen LogP contribution is 2.21. The van der Waals surface area contributed by atoms with E-state index >= 15 is 0 Å². The minimum Gasteiger partial charge on any atom is -0.378 e. The van der Waals surface area contributed by atoms with E-state index in [9.17, 15) is 4.79 Å². The highest BCUT2D eigenvalue weighted by Gasteiger charge is 2.13. The number of rotatable bonds is 4. The number of halogens is 2. The van der Waals surface area contributed by atoms with Crippen LogP contribution in [0.2, 0.25) is 5.02 Å². The molecule has 0 bridgehead atoms. The second-order valence-electron chi connectivity index (χ2n) is 5.35. The maximum Gasteiger partial charge on any atom is 0.253 e. The quantitative estimate of drug-likeness (QED) is 0.679. The normalized spacial score (nSPS) is 10.4. The van der Waals surface area contributed by atoms with Crippen molar-refractivity contribution in [3.63, 3.8) is 0 Å². The number of benzene rings is 2. The lowest BCUT2D eigenvalue weighted by Crippen LogP contribution is -2.26. The van der Waals surface area contributed by atoms with Crippen molar-refractivity contribution in [1.29, 1.82) is 0 Å². The molecule has 0 saturated carbocycles. The first-order chi connectivity index (χ1) is 10.4. The fourth-order valence-corrected chi connectivity index (χ4v) is 2.73. The molecule has 0 aliphatic rings. The van der Waals surface area contributed by atoms with E-state index in [0.29, 0.717) is 17.1 Å². The van der Waals surface area contributed by atoms with Crippen LogP contribution in [0.25, 0.3) is 0 Å². The van der Waals surface area contributed by atoms with Crippen molar-refractivity contribution in [2.24, 2.45) is 0 Å². The van der Waals surface area contributed by atoms with Crippen LogP contribution in [0.15, 0.2) is 42.5 Å². The van der Waals surface area contributed by atoms with Gasteiger partial charge in [-0.15, -0.1) is 0 Å². The first-order valence-corrected chi connectivity index (χ1v) is 8.31. The van der Waals surface area contributed by atoms with Gasteiger partial charge in [-0.25, -0.2) is 0 Å². The number of anilines is 1. The average Bonchev–Trinajstić information content (AvgIpc) is 2.49. The summed E-state index contributed by atoms with van der Waals surface area (Å²) >= 11 is 8.13. The molecule has 0 aliphatic heterocycles. The Labute approximate surface area is 150 Å². The van der Waals surface area contributed by atoms with Crippen molar-refractivity contribution in [3.05, 3.63) is 62.2 Å². The van der Waals surface area contributed by atoms with Crippen LogP contribution < -0.4 is 4.90 Å². The predicted molar refractivity (Wildman–Crippen MR) is 101 cm³/mol. The Balaban J connectivity index is 2.09. The molecule has 2 aromatic carbocycles. The Morgan fingerprint density at radius 2 is 1.73 bits per heavy atom. The molecule has 2 aromatic rings. The monoisotopic (exact) mass is 428 g/mol. The fraction of sp³-hybridized carbons (Fsp3) is 0.235. The lowest BCUT2D eigenvalue weighted by molar-refractivity contribution is 0.0785. The third-order valence-electron chi connectivity index (χ3n) is 3.39. The Hall–Kier alpha value is -1.27. The van der Waals surface area contributed by atoms with Crippen LogP contribution in [-0.4, -0.2) is 32.0 Å². The summed E-state index contributed by atoms with van der Waals surface area (Å²) < 4.78 is 0.883. The highest BCUT2D eigenvalue weighted by atomic mass is 127. The molecule has 0 radical (unpaired) electrons. The fourth-order valence-electron chi connectivity index (χ4n) is 2.09. The van der Waals surface area contributed by atoms with E-state index in [1.165, 1.54) is 0 Å².